The van der Waals surface area contributed by atoms with E-state index in [0.29, 0.717) is 16.7 Å². The number of hydrogen-bond donors (Lipinski definition) is 3. The van der Waals surface area contributed by atoms with E-state index < -0.39 is 18.2 Å². The second-order valence-electron chi connectivity index (χ2n) is 6.60. The molecule has 2 rings (SSSR count). The predicted octanol–water partition coefficient (Wildman–Crippen LogP) is 2.04. The van der Waals surface area contributed by atoms with Crippen LogP contribution in [-0.2, 0) is 30.3 Å². The third-order valence-corrected chi connectivity index (χ3v) is 4.21. The quantitative estimate of drug-likeness (QED) is 0.231. The molecule has 0 radical (unpaired) electrons. The molecule has 0 bridgehead atoms. The number of aliphatic hydroxyl groups excluding tert-OH is 1. The number of hydrogen-bond acceptors (Lipinski definition) is 11. The number of carbonyl (C=O) groups excluding carboxylic acids is 3. The van der Waals surface area contributed by atoms with Crippen LogP contribution in [0.15, 0.2) is 24.3 Å². The molecular weight excluding hydrogens is 452 g/mol. The summed E-state index contributed by atoms with van der Waals surface area (Å²) in [6.07, 6.45) is -1.99. The molecule has 4 N–H and O–H groups in total. The third-order valence-electron chi connectivity index (χ3n) is 4.21. The fraction of sp³-hybridized carbons (Fsp3) is 0.409. The highest BCUT2D eigenvalue weighted by Crippen LogP contribution is 2.50. The molecule has 186 valence electrons. The minimum absolute atomic E-state index is 0.0353. The summed E-state index contributed by atoms with van der Waals surface area (Å²) in [5.74, 6) is -0.519. The molecule has 0 fully saturated rings. The molecule has 2 aliphatic carbocycles. The molecule has 0 aliphatic heterocycles. The Morgan fingerprint density at radius 3 is 1.94 bits per heavy atom. The fourth-order valence-corrected chi connectivity index (χ4v) is 2.82. The van der Waals surface area contributed by atoms with Crippen LogP contribution >= 0.6 is 0 Å². The maximum absolute atomic E-state index is 12.1. The third kappa shape index (κ3) is 7.76. The maximum atomic E-state index is 12.1. The molecule has 34 heavy (non-hydrogen) atoms. The number of nitrogen functional groups attached to an aromatic ring is 1. The lowest BCUT2D eigenvalue weighted by Crippen LogP contribution is -2.27. The van der Waals surface area contributed by atoms with E-state index in [1.54, 1.807) is 38.1 Å². The molecule has 0 aromatic rings. The van der Waals surface area contributed by atoms with Crippen LogP contribution in [0.3, 0.4) is 0 Å². The molecule has 0 spiro atoms. The molecule has 0 atom stereocenters. The van der Waals surface area contributed by atoms with Crippen LogP contribution in [0.25, 0.3) is 11.1 Å². The predicted molar refractivity (Wildman–Crippen MR) is 118 cm³/mol. The number of fused-ring (bicyclic) bond motifs is 1. The number of anilines is 1. The molecular formula is C22H28N2O10. The molecule has 0 aromatic heterocycles. The number of nitrogens with one attached hydrogen (secondary N) is 1. The first-order valence-electron chi connectivity index (χ1n) is 10.5. The Morgan fingerprint density at radius 1 is 0.882 bits per heavy atom. The van der Waals surface area contributed by atoms with Crippen LogP contribution < -0.4 is 20.7 Å². The van der Waals surface area contributed by atoms with Crippen molar-refractivity contribution in [2.75, 3.05) is 45.4 Å². The summed E-state index contributed by atoms with van der Waals surface area (Å²) in [6, 6.07) is 6.39. The molecule has 0 aromatic carbocycles. The van der Waals surface area contributed by atoms with Gasteiger partial charge in [-0.3, -0.25) is 9.63 Å². The second kappa shape index (κ2) is 13.8. The Morgan fingerprint density at radius 2 is 1.44 bits per heavy atom. The van der Waals surface area contributed by atoms with Gasteiger partial charge in [0.15, 0.2) is 11.5 Å². The van der Waals surface area contributed by atoms with Gasteiger partial charge < -0.3 is 34.5 Å². The molecule has 1 amide bonds. The van der Waals surface area contributed by atoms with Gasteiger partial charge >= 0.3 is 12.3 Å². The van der Waals surface area contributed by atoms with Crippen molar-refractivity contribution < 1.29 is 48.0 Å². The molecule has 0 unspecified atom stereocenters. The maximum Gasteiger partial charge on any atom is 0.513 e. The van der Waals surface area contributed by atoms with Crippen molar-refractivity contribution in [3.05, 3.63) is 29.8 Å². The summed E-state index contributed by atoms with van der Waals surface area (Å²) in [4.78, 5) is 41.0. The van der Waals surface area contributed by atoms with E-state index in [2.05, 4.69) is 5.48 Å². The van der Waals surface area contributed by atoms with Gasteiger partial charge in [0, 0.05) is 11.1 Å². The van der Waals surface area contributed by atoms with Crippen LogP contribution in [0.2, 0.25) is 0 Å². The number of carbonyl (C=O) groups is 3. The summed E-state index contributed by atoms with van der Waals surface area (Å²) in [6.45, 7) is 3.83. The van der Waals surface area contributed by atoms with Crippen LogP contribution in [0.5, 0.6) is 11.5 Å². The minimum atomic E-state index is -0.977. The first kappa shape index (κ1) is 26.6. The molecule has 0 saturated carbocycles. The lowest BCUT2D eigenvalue weighted by Gasteiger charge is -2.06. The van der Waals surface area contributed by atoms with Crippen LogP contribution in [0.1, 0.15) is 19.4 Å². The van der Waals surface area contributed by atoms with Gasteiger partial charge in [-0.05, 0) is 19.4 Å². The highest BCUT2D eigenvalue weighted by Gasteiger charge is 2.28. The lowest BCUT2D eigenvalue weighted by atomic mass is 10.2. The zero-order valence-corrected chi connectivity index (χ0v) is 19.0. The number of rotatable bonds is 12. The largest absolute Gasteiger partial charge is 0.513 e. The average Bonchev–Trinajstić information content (AvgIpc) is 2.92. The van der Waals surface area contributed by atoms with E-state index >= 15 is 0 Å². The molecule has 0 heterocycles. The normalized spacial score (nSPS) is 10.6. The van der Waals surface area contributed by atoms with Crippen molar-refractivity contribution >= 4 is 23.9 Å². The highest BCUT2D eigenvalue weighted by molar-refractivity contribution is 5.95. The molecule has 2 aliphatic rings. The van der Waals surface area contributed by atoms with Crippen molar-refractivity contribution in [1.29, 1.82) is 0 Å². The Kier molecular flexibility index (Phi) is 10.8. The Labute approximate surface area is 196 Å². The van der Waals surface area contributed by atoms with Gasteiger partial charge in [0.1, 0.15) is 5.69 Å². The summed E-state index contributed by atoms with van der Waals surface area (Å²) in [5, 5.41) is 8.63. The zero-order valence-electron chi connectivity index (χ0n) is 19.0. The van der Waals surface area contributed by atoms with E-state index in [0.717, 1.165) is 0 Å². The molecule has 12 nitrogen and oxygen atoms in total. The van der Waals surface area contributed by atoms with E-state index in [9.17, 15) is 14.4 Å². The Balaban J connectivity index is 2.22. The zero-order chi connectivity index (χ0) is 24.9. The monoisotopic (exact) mass is 480 g/mol. The standard InChI is InChI=1S/C22H28N2O10/c1-3-30-21(27)33-19-15-7-5-14(13-17(26)24-32-12-11-29-10-9-25)6-8-16(15)20(18(19)23)34-22(28)31-4-2/h5-8,25H,3-4,9-13,23H2,1-2H3,(H,24,26). The van der Waals surface area contributed by atoms with Crippen LogP contribution in [0.4, 0.5) is 15.3 Å². The highest BCUT2D eigenvalue weighted by atomic mass is 16.7. The topological polar surface area (TPSA) is 165 Å². The summed E-state index contributed by atoms with van der Waals surface area (Å²) in [5.41, 5.74) is 9.59. The van der Waals surface area contributed by atoms with Gasteiger partial charge in [-0.1, -0.05) is 24.3 Å². The lowest BCUT2D eigenvalue weighted by molar-refractivity contribution is -0.134. The van der Waals surface area contributed by atoms with E-state index in [1.807, 2.05) is 0 Å². The van der Waals surface area contributed by atoms with Crippen LogP contribution in [-0.4, -0.2) is 63.0 Å². The first-order chi connectivity index (χ1) is 16.4. The summed E-state index contributed by atoms with van der Waals surface area (Å²) >= 11 is 0. The Hall–Kier alpha value is -3.61. The number of hydroxylamine groups is 1. The van der Waals surface area contributed by atoms with Gasteiger partial charge in [0.2, 0.25) is 5.91 Å². The number of ether oxygens (including phenoxy) is 5. The van der Waals surface area contributed by atoms with Gasteiger partial charge in [-0.25, -0.2) is 15.1 Å². The van der Waals surface area contributed by atoms with Gasteiger partial charge in [0.25, 0.3) is 0 Å². The van der Waals surface area contributed by atoms with Gasteiger partial charge in [-0.2, -0.15) is 0 Å². The van der Waals surface area contributed by atoms with Crippen molar-refractivity contribution in [2.24, 2.45) is 0 Å². The van der Waals surface area contributed by atoms with Crippen LogP contribution in [0, 0.1) is 0 Å². The number of amides is 1. The Bertz CT molecular complexity index is 892. The number of nitrogens with two attached hydrogens (primary N) is 1. The van der Waals surface area contributed by atoms with Gasteiger partial charge in [-0.15, -0.1) is 0 Å². The SMILES string of the molecule is CCOC(=O)Oc1c2ccc(CC(=O)NOCCOCCO)ccc-2c(OC(=O)OCC)c1N. The van der Waals surface area contributed by atoms with E-state index in [4.69, 9.17) is 39.4 Å². The smallest absolute Gasteiger partial charge is 0.434 e. The minimum Gasteiger partial charge on any atom is -0.434 e. The van der Waals surface area contributed by atoms with Gasteiger partial charge in [0.05, 0.1) is 46.1 Å². The average molecular weight is 480 g/mol. The number of aliphatic hydroxyl groups is 1. The van der Waals surface area contributed by atoms with Crippen molar-refractivity contribution in [2.45, 2.75) is 20.3 Å². The summed E-state index contributed by atoms with van der Waals surface area (Å²) < 4.78 is 25.1. The van der Waals surface area contributed by atoms with Crippen molar-refractivity contribution in [3.8, 4) is 22.6 Å². The molecule has 12 heteroatoms. The summed E-state index contributed by atoms with van der Waals surface area (Å²) in [7, 11) is 0. The molecule has 0 saturated heterocycles. The fourth-order valence-electron chi connectivity index (χ4n) is 2.82. The van der Waals surface area contributed by atoms with Crippen molar-refractivity contribution in [3.63, 3.8) is 0 Å². The van der Waals surface area contributed by atoms with E-state index in [-0.39, 0.29) is 63.2 Å². The van der Waals surface area contributed by atoms with E-state index in [1.165, 1.54) is 0 Å². The second-order valence-corrected chi connectivity index (χ2v) is 6.60. The first-order valence-corrected chi connectivity index (χ1v) is 10.5. The van der Waals surface area contributed by atoms with Crippen molar-refractivity contribution in [1.82, 2.24) is 5.48 Å².